The predicted octanol–water partition coefficient (Wildman–Crippen LogP) is 4.44. The zero-order valence-corrected chi connectivity index (χ0v) is 19.6. The zero-order valence-electron chi connectivity index (χ0n) is 18.8. The minimum absolute atomic E-state index is 0.0403. The van der Waals surface area contributed by atoms with Gasteiger partial charge in [0.25, 0.3) is 0 Å². The van der Waals surface area contributed by atoms with Crippen LogP contribution < -0.4 is 18.9 Å². The van der Waals surface area contributed by atoms with Crippen LogP contribution in [0.2, 0.25) is 0 Å². The van der Waals surface area contributed by atoms with Crippen molar-refractivity contribution < 1.29 is 23.7 Å². The Bertz CT molecular complexity index is 1070. The third-order valence-corrected chi connectivity index (χ3v) is 5.80. The normalized spacial score (nSPS) is 11.7. The molecule has 0 aliphatic carbocycles. The molecule has 2 aromatic carbocycles. The molecule has 0 saturated carbocycles. The van der Waals surface area contributed by atoms with Crippen molar-refractivity contribution in [2.45, 2.75) is 31.7 Å². The van der Waals surface area contributed by atoms with Crippen LogP contribution in [0.1, 0.15) is 36.1 Å². The molecule has 1 aromatic heterocycles. The summed E-state index contributed by atoms with van der Waals surface area (Å²) in [6, 6.07) is 12.6. The molecule has 0 N–H and O–H groups in total. The van der Waals surface area contributed by atoms with Gasteiger partial charge in [-0.1, -0.05) is 23.9 Å². The first kappa shape index (κ1) is 23.5. The van der Waals surface area contributed by atoms with Crippen molar-refractivity contribution in [3.8, 4) is 23.0 Å². The van der Waals surface area contributed by atoms with Crippen molar-refractivity contribution in [3.63, 3.8) is 0 Å². The smallest absolute Gasteiger partial charge is 0.191 e. The molecule has 3 aromatic rings. The van der Waals surface area contributed by atoms with Crippen molar-refractivity contribution in [3.05, 3.63) is 53.9 Å². The maximum Gasteiger partial charge on any atom is 0.191 e. The largest absolute Gasteiger partial charge is 0.493 e. The molecule has 9 heteroatoms. The molecule has 0 amide bonds. The molecule has 0 spiro atoms. The average molecular weight is 458 g/mol. The summed E-state index contributed by atoms with van der Waals surface area (Å²) in [4.78, 5) is 12.7. The van der Waals surface area contributed by atoms with Gasteiger partial charge in [-0.2, -0.15) is 0 Å². The second-order valence-electron chi connectivity index (χ2n) is 6.78. The standard InChI is InChI=1S/C23H27N3O5S/c1-6-26-22(15(2)31-20-10-8-7-9-18(20)28-3)24-25-23(26)32-14-17(27)16-11-12-19(29-4)21(13-16)30-5/h7-13,15H,6,14H2,1-5H3. The van der Waals surface area contributed by atoms with E-state index in [1.807, 2.05) is 42.7 Å². The zero-order chi connectivity index (χ0) is 23.1. The van der Waals surface area contributed by atoms with Gasteiger partial charge in [-0.15, -0.1) is 10.2 Å². The van der Waals surface area contributed by atoms with Crippen LogP contribution in [0.15, 0.2) is 47.6 Å². The van der Waals surface area contributed by atoms with Crippen LogP contribution in [-0.2, 0) is 6.54 Å². The van der Waals surface area contributed by atoms with Gasteiger partial charge >= 0.3 is 0 Å². The van der Waals surface area contributed by atoms with E-state index in [0.29, 0.717) is 46.1 Å². The van der Waals surface area contributed by atoms with E-state index >= 15 is 0 Å². The third-order valence-electron chi connectivity index (χ3n) is 4.84. The number of aromatic nitrogens is 3. The SMILES string of the molecule is CCn1c(SCC(=O)c2ccc(OC)c(OC)c2)nnc1C(C)Oc1ccccc1OC. The van der Waals surface area contributed by atoms with Gasteiger partial charge in [-0.25, -0.2) is 0 Å². The minimum atomic E-state index is -0.352. The number of ether oxygens (including phenoxy) is 4. The first-order valence-corrected chi connectivity index (χ1v) is 11.1. The maximum atomic E-state index is 12.7. The molecule has 170 valence electrons. The second kappa shape index (κ2) is 10.9. The lowest BCUT2D eigenvalue weighted by Crippen LogP contribution is -2.12. The summed E-state index contributed by atoms with van der Waals surface area (Å²) in [5.41, 5.74) is 0.547. The van der Waals surface area contributed by atoms with E-state index in [1.165, 1.54) is 11.8 Å². The number of hydrogen-bond acceptors (Lipinski definition) is 8. The summed E-state index contributed by atoms with van der Waals surface area (Å²) < 4.78 is 23.9. The van der Waals surface area contributed by atoms with Crippen molar-refractivity contribution in [2.75, 3.05) is 27.1 Å². The van der Waals surface area contributed by atoms with Crippen LogP contribution in [0, 0.1) is 0 Å². The molecule has 32 heavy (non-hydrogen) atoms. The molecule has 1 heterocycles. The van der Waals surface area contributed by atoms with Gasteiger partial charge in [0.05, 0.1) is 27.1 Å². The number of rotatable bonds is 11. The van der Waals surface area contributed by atoms with Crippen molar-refractivity contribution >= 4 is 17.5 Å². The Morgan fingerprint density at radius 1 is 0.969 bits per heavy atom. The molecular weight excluding hydrogens is 430 g/mol. The van der Waals surface area contributed by atoms with E-state index in [2.05, 4.69) is 10.2 Å². The lowest BCUT2D eigenvalue weighted by molar-refractivity contribution is 0.102. The molecule has 0 bridgehead atoms. The number of carbonyl (C=O) groups is 1. The fraction of sp³-hybridized carbons (Fsp3) is 0.348. The maximum absolute atomic E-state index is 12.7. The van der Waals surface area contributed by atoms with Gasteiger partial charge in [0, 0.05) is 12.1 Å². The first-order valence-electron chi connectivity index (χ1n) is 10.1. The van der Waals surface area contributed by atoms with Crippen LogP contribution in [0.4, 0.5) is 0 Å². The van der Waals surface area contributed by atoms with Crippen molar-refractivity contribution in [2.24, 2.45) is 0 Å². The second-order valence-corrected chi connectivity index (χ2v) is 7.72. The molecule has 0 aliphatic heterocycles. The number of ketones is 1. The summed E-state index contributed by atoms with van der Waals surface area (Å²) in [6.45, 7) is 4.56. The van der Waals surface area contributed by atoms with E-state index in [0.717, 1.165) is 0 Å². The Morgan fingerprint density at radius 3 is 2.28 bits per heavy atom. The third kappa shape index (κ3) is 5.16. The Kier molecular flexibility index (Phi) is 7.99. The summed E-state index contributed by atoms with van der Waals surface area (Å²) in [7, 11) is 4.70. The summed E-state index contributed by atoms with van der Waals surface area (Å²) >= 11 is 1.34. The number of hydrogen-bond donors (Lipinski definition) is 0. The van der Waals surface area contributed by atoms with E-state index in [4.69, 9.17) is 18.9 Å². The monoisotopic (exact) mass is 457 g/mol. The summed E-state index contributed by atoms with van der Waals surface area (Å²) in [6.07, 6.45) is -0.352. The molecule has 0 saturated heterocycles. The van der Waals surface area contributed by atoms with E-state index < -0.39 is 0 Å². The van der Waals surface area contributed by atoms with Crippen molar-refractivity contribution in [1.82, 2.24) is 14.8 Å². The molecule has 3 rings (SSSR count). The summed E-state index contributed by atoms with van der Waals surface area (Å²) in [5, 5.41) is 9.26. The van der Waals surface area contributed by atoms with Gasteiger partial charge in [0.15, 0.2) is 45.9 Å². The lowest BCUT2D eigenvalue weighted by atomic mass is 10.1. The average Bonchev–Trinajstić information content (AvgIpc) is 3.25. The fourth-order valence-corrected chi connectivity index (χ4v) is 4.09. The molecule has 1 unspecified atom stereocenters. The number of methoxy groups -OCH3 is 3. The molecule has 0 aliphatic rings. The van der Waals surface area contributed by atoms with E-state index in [9.17, 15) is 4.79 Å². The molecule has 8 nitrogen and oxygen atoms in total. The van der Waals surface area contributed by atoms with Gasteiger partial charge in [-0.3, -0.25) is 4.79 Å². The highest BCUT2D eigenvalue weighted by Gasteiger charge is 2.21. The predicted molar refractivity (Wildman–Crippen MR) is 122 cm³/mol. The van der Waals surface area contributed by atoms with Gasteiger partial charge in [0.2, 0.25) is 0 Å². The molecule has 1 atom stereocenters. The van der Waals surface area contributed by atoms with E-state index in [1.54, 1.807) is 39.5 Å². The Labute approximate surface area is 191 Å². The van der Waals surface area contributed by atoms with Crippen LogP contribution in [0.3, 0.4) is 0 Å². The van der Waals surface area contributed by atoms with Crippen LogP contribution >= 0.6 is 11.8 Å². The number of nitrogens with zero attached hydrogens (tertiary/aromatic N) is 3. The molecule has 0 fully saturated rings. The Balaban J connectivity index is 1.71. The lowest BCUT2D eigenvalue weighted by Gasteiger charge is -2.17. The Hall–Kier alpha value is -3.20. The Morgan fingerprint density at radius 2 is 1.62 bits per heavy atom. The molecule has 0 radical (unpaired) electrons. The topological polar surface area (TPSA) is 84.7 Å². The van der Waals surface area contributed by atoms with Crippen LogP contribution in [0.5, 0.6) is 23.0 Å². The van der Waals surface area contributed by atoms with Crippen LogP contribution in [0.25, 0.3) is 0 Å². The van der Waals surface area contributed by atoms with Crippen molar-refractivity contribution in [1.29, 1.82) is 0 Å². The first-order chi connectivity index (χ1) is 15.5. The number of thioether (sulfide) groups is 1. The minimum Gasteiger partial charge on any atom is -0.493 e. The van der Waals surface area contributed by atoms with Gasteiger partial charge in [-0.05, 0) is 44.2 Å². The fourth-order valence-electron chi connectivity index (χ4n) is 3.19. The number of Topliss-reactive ketones (excluding diaryl/α,β-unsaturated/α-hetero) is 1. The number of benzene rings is 2. The number of para-hydroxylation sites is 2. The highest BCUT2D eigenvalue weighted by Crippen LogP contribution is 2.32. The molecular formula is C23H27N3O5S. The van der Waals surface area contributed by atoms with Gasteiger partial charge < -0.3 is 23.5 Å². The quantitative estimate of drug-likeness (QED) is 0.309. The van der Waals surface area contributed by atoms with Crippen LogP contribution in [-0.4, -0.2) is 47.6 Å². The highest BCUT2D eigenvalue weighted by atomic mass is 32.2. The number of carbonyl (C=O) groups excluding carboxylic acids is 1. The van der Waals surface area contributed by atoms with Gasteiger partial charge in [0.1, 0.15) is 0 Å². The van der Waals surface area contributed by atoms with E-state index in [-0.39, 0.29) is 17.6 Å². The highest BCUT2D eigenvalue weighted by molar-refractivity contribution is 7.99. The summed E-state index contributed by atoms with van der Waals surface area (Å²) in [5.74, 6) is 3.24.